The van der Waals surface area contributed by atoms with Crippen molar-refractivity contribution in [1.29, 1.82) is 0 Å². The van der Waals surface area contributed by atoms with Gasteiger partial charge in [0.05, 0.1) is 0 Å². The minimum atomic E-state index is 0. The molecule has 0 aromatic heterocycles. The third-order valence-electron chi connectivity index (χ3n) is 2.28. The van der Waals surface area contributed by atoms with Crippen molar-refractivity contribution >= 4 is 28.9 Å². The van der Waals surface area contributed by atoms with Crippen molar-refractivity contribution in [1.82, 2.24) is 0 Å². The maximum Gasteiger partial charge on any atom is 0.0343 e. The van der Waals surface area contributed by atoms with Gasteiger partial charge in [0.1, 0.15) is 0 Å². The fourth-order valence-electron chi connectivity index (χ4n) is 1.52. The van der Waals surface area contributed by atoms with Crippen LogP contribution in [0, 0.1) is 6.92 Å². The molecule has 1 N–H and O–H groups in total. The molecule has 14 heavy (non-hydrogen) atoms. The second-order valence-corrected chi connectivity index (χ2v) is 3.32. The fraction of sp³-hybridized carbons (Fsp3) is 0.167. The molecule has 0 aliphatic heterocycles. The van der Waals surface area contributed by atoms with E-state index in [0.29, 0.717) is 0 Å². The summed E-state index contributed by atoms with van der Waals surface area (Å²) in [5.74, 6) is 0. The van der Waals surface area contributed by atoms with E-state index in [1.165, 1.54) is 16.3 Å². The Morgan fingerprint density at radius 2 is 1.64 bits per heavy atom. The van der Waals surface area contributed by atoms with Gasteiger partial charge in [-0.25, -0.2) is 0 Å². The van der Waals surface area contributed by atoms with Gasteiger partial charge in [0.15, 0.2) is 0 Å². The van der Waals surface area contributed by atoms with Crippen molar-refractivity contribution in [2.75, 3.05) is 12.4 Å². The molecule has 0 atom stereocenters. The molecule has 0 saturated heterocycles. The summed E-state index contributed by atoms with van der Waals surface area (Å²) in [6.45, 7) is 2.12. The molecule has 0 aliphatic rings. The largest absolute Gasteiger partial charge is 0.388 e. The lowest BCUT2D eigenvalue weighted by atomic mass is 10.1. The molecule has 2 heteroatoms. The second kappa shape index (κ2) is 4.34. The molecule has 0 spiro atoms. The molecule has 0 aliphatic carbocycles. The smallest absolute Gasteiger partial charge is 0.0343 e. The van der Waals surface area contributed by atoms with Gasteiger partial charge >= 0.3 is 0 Å². The van der Waals surface area contributed by atoms with Crippen LogP contribution in [-0.4, -0.2) is 7.05 Å². The normalized spacial score (nSPS) is 9.57. The number of fused-ring (bicyclic) bond motifs is 1. The third-order valence-corrected chi connectivity index (χ3v) is 2.28. The van der Waals surface area contributed by atoms with Crippen LogP contribution in [0.2, 0.25) is 0 Å². The highest BCUT2D eigenvalue weighted by atomic mass is 35.5. The Kier molecular flexibility index (Phi) is 3.37. The van der Waals surface area contributed by atoms with Crippen LogP contribution in [0.1, 0.15) is 5.56 Å². The van der Waals surface area contributed by atoms with E-state index in [-0.39, 0.29) is 12.4 Å². The van der Waals surface area contributed by atoms with Crippen molar-refractivity contribution < 1.29 is 0 Å². The third kappa shape index (κ3) is 1.99. The van der Waals surface area contributed by atoms with Crippen LogP contribution in [0.4, 0.5) is 5.69 Å². The monoisotopic (exact) mass is 207 g/mol. The van der Waals surface area contributed by atoms with Gasteiger partial charge in [-0.1, -0.05) is 29.8 Å². The summed E-state index contributed by atoms with van der Waals surface area (Å²) in [7, 11) is 1.94. The number of halogens is 1. The Hall–Kier alpha value is -1.21. The van der Waals surface area contributed by atoms with Gasteiger partial charge < -0.3 is 5.32 Å². The lowest BCUT2D eigenvalue weighted by molar-refractivity contribution is 1.49. The molecule has 0 amide bonds. The number of hydrogen-bond acceptors (Lipinski definition) is 1. The van der Waals surface area contributed by atoms with Crippen LogP contribution in [0.5, 0.6) is 0 Å². The summed E-state index contributed by atoms with van der Waals surface area (Å²) in [5, 5.41) is 5.73. The Morgan fingerprint density at radius 1 is 0.929 bits per heavy atom. The van der Waals surface area contributed by atoms with Crippen LogP contribution in [0.3, 0.4) is 0 Å². The van der Waals surface area contributed by atoms with E-state index >= 15 is 0 Å². The predicted octanol–water partition coefficient (Wildman–Crippen LogP) is 3.61. The van der Waals surface area contributed by atoms with E-state index in [2.05, 4.69) is 48.6 Å². The van der Waals surface area contributed by atoms with E-state index < -0.39 is 0 Å². The molecule has 2 rings (SSSR count). The minimum Gasteiger partial charge on any atom is -0.388 e. The highest BCUT2D eigenvalue weighted by molar-refractivity contribution is 5.86. The SMILES string of the molecule is CNc1ccc2ccc(C)cc2c1.Cl. The van der Waals surface area contributed by atoms with Crippen molar-refractivity contribution in [3.63, 3.8) is 0 Å². The molecule has 0 fully saturated rings. The summed E-state index contributed by atoms with van der Waals surface area (Å²) in [6.07, 6.45) is 0. The highest BCUT2D eigenvalue weighted by Crippen LogP contribution is 2.19. The zero-order valence-corrected chi connectivity index (χ0v) is 9.19. The summed E-state index contributed by atoms with van der Waals surface area (Å²) in [4.78, 5) is 0. The number of rotatable bonds is 1. The second-order valence-electron chi connectivity index (χ2n) is 3.32. The molecule has 0 saturated carbocycles. The lowest BCUT2D eigenvalue weighted by Crippen LogP contribution is -1.86. The first-order valence-corrected chi connectivity index (χ1v) is 4.48. The van der Waals surface area contributed by atoms with Gasteiger partial charge in [-0.15, -0.1) is 12.4 Å². The molecular formula is C12H14ClN. The maximum absolute atomic E-state index is 3.14. The van der Waals surface area contributed by atoms with Gasteiger partial charge in [0, 0.05) is 12.7 Å². The minimum absolute atomic E-state index is 0. The lowest BCUT2D eigenvalue weighted by Gasteiger charge is -2.03. The van der Waals surface area contributed by atoms with Gasteiger partial charge in [0.2, 0.25) is 0 Å². The Balaban J connectivity index is 0.000000980. The number of aryl methyl sites for hydroxylation is 1. The van der Waals surface area contributed by atoms with E-state index in [1.807, 2.05) is 7.05 Å². The Labute approximate surface area is 90.5 Å². The standard InChI is InChI=1S/C12H13N.ClH/c1-9-3-4-10-5-6-12(13-2)8-11(10)7-9;/h3-8,13H,1-2H3;1H. The van der Waals surface area contributed by atoms with Crippen molar-refractivity contribution in [3.8, 4) is 0 Å². The zero-order valence-electron chi connectivity index (χ0n) is 8.37. The van der Waals surface area contributed by atoms with Crippen molar-refractivity contribution in [3.05, 3.63) is 42.0 Å². The van der Waals surface area contributed by atoms with Crippen LogP contribution >= 0.6 is 12.4 Å². The van der Waals surface area contributed by atoms with Gasteiger partial charge in [-0.2, -0.15) is 0 Å². The number of nitrogens with one attached hydrogen (secondary N) is 1. The molecular weight excluding hydrogens is 194 g/mol. The van der Waals surface area contributed by atoms with Crippen molar-refractivity contribution in [2.45, 2.75) is 6.92 Å². The molecule has 2 aromatic rings. The maximum atomic E-state index is 3.14. The number of anilines is 1. The first-order chi connectivity index (χ1) is 6.29. The zero-order chi connectivity index (χ0) is 9.26. The van der Waals surface area contributed by atoms with Gasteiger partial charge in [0.25, 0.3) is 0 Å². The van der Waals surface area contributed by atoms with Crippen LogP contribution < -0.4 is 5.32 Å². The molecule has 2 aromatic carbocycles. The summed E-state index contributed by atoms with van der Waals surface area (Å²) in [5.41, 5.74) is 2.47. The van der Waals surface area contributed by atoms with Gasteiger partial charge in [-0.3, -0.25) is 0 Å². The molecule has 1 nitrogen and oxygen atoms in total. The highest BCUT2D eigenvalue weighted by Gasteiger charge is 1.94. The van der Waals surface area contributed by atoms with Crippen LogP contribution in [-0.2, 0) is 0 Å². The quantitative estimate of drug-likeness (QED) is 0.754. The average molecular weight is 208 g/mol. The van der Waals surface area contributed by atoms with E-state index in [1.54, 1.807) is 0 Å². The molecule has 74 valence electrons. The molecule has 0 bridgehead atoms. The predicted molar refractivity (Wildman–Crippen MR) is 65.5 cm³/mol. The van der Waals surface area contributed by atoms with E-state index in [0.717, 1.165) is 5.69 Å². The van der Waals surface area contributed by atoms with Crippen molar-refractivity contribution in [2.24, 2.45) is 0 Å². The fourth-order valence-corrected chi connectivity index (χ4v) is 1.52. The number of hydrogen-bond donors (Lipinski definition) is 1. The first kappa shape index (κ1) is 10.9. The number of benzene rings is 2. The molecule has 0 unspecified atom stereocenters. The van der Waals surface area contributed by atoms with Crippen LogP contribution in [0.25, 0.3) is 10.8 Å². The Morgan fingerprint density at radius 3 is 2.36 bits per heavy atom. The van der Waals surface area contributed by atoms with Gasteiger partial charge in [-0.05, 0) is 29.8 Å². The summed E-state index contributed by atoms with van der Waals surface area (Å²) < 4.78 is 0. The van der Waals surface area contributed by atoms with E-state index in [4.69, 9.17) is 0 Å². The average Bonchev–Trinajstić information content (AvgIpc) is 2.16. The van der Waals surface area contributed by atoms with E-state index in [9.17, 15) is 0 Å². The summed E-state index contributed by atoms with van der Waals surface area (Å²) >= 11 is 0. The van der Waals surface area contributed by atoms with Crippen LogP contribution in [0.15, 0.2) is 36.4 Å². The topological polar surface area (TPSA) is 12.0 Å². The molecule has 0 heterocycles. The molecule has 0 radical (unpaired) electrons. The Bertz CT molecular complexity index is 437. The summed E-state index contributed by atoms with van der Waals surface area (Å²) in [6, 6.07) is 12.9. The first-order valence-electron chi connectivity index (χ1n) is 4.48.